The second-order valence-electron chi connectivity index (χ2n) is 4.72. The van der Waals surface area contributed by atoms with Crippen LogP contribution >= 0.6 is 0 Å². The van der Waals surface area contributed by atoms with E-state index < -0.39 is 6.09 Å². The van der Waals surface area contributed by atoms with Gasteiger partial charge in [0.25, 0.3) is 0 Å². The Bertz CT molecular complexity index is 422. The molecule has 0 aliphatic carbocycles. The molecule has 1 aromatic carbocycles. The van der Waals surface area contributed by atoms with Gasteiger partial charge in [0.1, 0.15) is 5.82 Å². The van der Waals surface area contributed by atoms with Crippen LogP contribution < -0.4 is 0 Å². The molecule has 2 atom stereocenters. The highest BCUT2D eigenvalue weighted by molar-refractivity contribution is 5.65. The SMILES string of the molecule is C[C@@H]1CC(Cc2cccc(F)c2)CN1C(=O)O. The van der Waals surface area contributed by atoms with Gasteiger partial charge in [-0.3, -0.25) is 0 Å². The van der Waals surface area contributed by atoms with Crippen LogP contribution in [0.1, 0.15) is 18.9 Å². The van der Waals surface area contributed by atoms with Crippen molar-refractivity contribution in [2.45, 2.75) is 25.8 Å². The normalized spacial score (nSPS) is 24.0. The minimum atomic E-state index is -0.862. The summed E-state index contributed by atoms with van der Waals surface area (Å²) in [6.07, 6.45) is 0.730. The quantitative estimate of drug-likeness (QED) is 0.859. The Morgan fingerprint density at radius 3 is 2.94 bits per heavy atom. The van der Waals surface area contributed by atoms with E-state index in [0.29, 0.717) is 12.5 Å². The van der Waals surface area contributed by atoms with E-state index in [2.05, 4.69) is 0 Å². The molecule has 2 rings (SSSR count). The summed E-state index contributed by atoms with van der Waals surface area (Å²) in [5.41, 5.74) is 0.939. The summed E-state index contributed by atoms with van der Waals surface area (Å²) in [6, 6.07) is 6.58. The number of hydrogen-bond acceptors (Lipinski definition) is 1. The summed E-state index contributed by atoms with van der Waals surface area (Å²) in [4.78, 5) is 12.4. The lowest BCUT2D eigenvalue weighted by Gasteiger charge is -2.16. The average Bonchev–Trinajstić information content (AvgIpc) is 2.59. The first-order valence-corrected chi connectivity index (χ1v) is 5.80. The Labute approximate surface area is 99.9 Å². The minimum Gasteiger partial charge on any atom is -0.465 e. The summed E-state index contributed by atoms with van der Waals surface area (Å²) < 4.78 is 13.0. The predicted octanol–water partition coefficient (Wildman–Crippen LogP) is 2.76. The Morgan fingerprint density at radius 2 is 2.35 bits per heavy atom. The molecule has 1 aliphatic heterocycles. The molecule has 0 aromatic heterocycles. The second-order valence-corrected chi connectivity index (χ2v) is 4.72. The Kier molecular flexibility index (Phi) is 3.31. The number of halogens is 1. The maximum absolute atomic E-state index is 13.0. The van der Waals surface area contributed by atoms with E-state index in [4.69, 9.17) is 5.11 Å². The number of hydrogen-bond donors (Lipinski definition) is 1. The topological polar surface area (TPSA) is 40.5 Å². The number of nitrogens with zero attached hydrogens (tertiary/aromatic N) is 1. The highest BCUT2D eigenvalue weighted by Gasteiger charge is 2.32. The van der Waals surface area contributed by atoms with Crippen molar-refractivity contribution in [2.24, 2.45) is 5.92 Å². The van der Waals surface area contributed by atoms with Crippen LogP contribution in [-0.4, -0.2) is 28.7 Å². The Hall–Kier alpha value is -1.58. The fourth-order valence-corrected chi connectivity index (χ4v) is 2.55. The van der Waals surface area contributed by atoms with Crippen LogP contribution in [-0.2, 0) is 6.42 Å². The Morgan fingerprint density at radius 1 is 1.59 bits per heavy atom. The molecule has 1 aromatic rings. The summed E-state index contributed by atoms with van der Waals surface area (Å²) in [7, 11) is 0. The van der Waals surface area contributed by atoms with E-state index >= 15 is 0 Å². The van der Waals surface area contributed by atoms with Crippen LogP contribution in [0.15, 0.2) is 24.3 Å². The molecule has 1 heterocycles. The summed E-state index contributed by atoms with van der Waals surface area (Å²) in [6.45, 7) is 2.46. The molecule has 3 nitrogen and oxygen atoms in total. The number of carbonyl (C=O) groups is 1. The summed E-state index contributed by atoms with van der Waals surface area (Å²) in [5.74, 6) is 0.0616. The summed E-state index contributed by atoms with van der Waals surface area (Å²) in [5, 5.41) is 8.98. The van der Waals surface area contributed by atoms with Crippen LogP contribution in [0, 0.1) is 11.7 Å². The number of rotatable bonds is 2. The molecule has 0 saturated carbocycles. The molecular weight excluding hydrogens is 221 g/mol. The van der Waals surface area contributed by atoms with Gasteiger partial charge >= 0.3 is 6.09 Å². The van der Waals surface area contributed by atoms with Gasteiger partial charge in [-0.15, -0.1) is 0 Å². The van der Waals surface area contributed by atoms with Crippen LogP contribution in [0.4, 0.5) is 9.18 Å². The second kappa shape index (κ2) is 4.73. The van der Waals surface area contributed by atoms with Gasteiger partial charge in [-0.05, 0) is 43.4 Å². The zero-order valence-electron chi connectivity index (χ0n) is 9.77. The molecule has 0 radical (unpaired) electrons. The van der Waals surface area contributed by atoms with Crippen molar-refractivity contribution in [3.63, 3.8) is 0 Å². The zero-order chi connectivity index (χ0) is 12.4. The first-order valence-electron chi connectivity index (χ1n) is 5.80. The van der Waals surface area contributed by atoms with E-state index in [1.54, 1.807) is 6.07 Å². The van der Waals surface area contributed by atoms with Crippen molar-refractivity contribution < 1.29 is 14.3 Å². The number of amides is 1. The lowest BCUT2D eigenvalue weighted by molar-refractivity contribution is 0.142. The third kappa shape index (κ3) is 2.75. The molecule has 0 bridgehead atoms. The fourth-order valence-electron chi connectivity index (χ4n) is 2.55. The monoisotopic (exact) mass is 237 g/mol. The highest BCUT2D eigenvalue weighted by Crippen LogP contribution is 2.26. The molecule has 1 fully saturated rings. The third-order valence-electron chi connectivity index (χ3n) is 3.32. The van der Waals surface area contributed by atoms with Gasteiger partial charge in [0.15, 0.2) is 0 Å². The van der Waals surface area contributed by atoms with E-state index in [0.717, 1.165) is 18.4 Å². The highest BCUT2D eigenvalue weighted by atomic mass is 19.1. The van der Waals surface area contributed by atoms with Gasteiger partial charge in [-0.2, -0.15) is 0 Å². The Balaban J connectivity index is 2.00. The smallest absolute Gasteiger partial charge is 0.407 e. The van der Waals surface area contributed by atoms with Gasteiger partial charge in [0.05, 0.1) is 0 Å². The number of likely N-dealkylation sites (tertiary alicyclic amines) is 1. The average molecular weight is 237 g/mol. The molecule has 1 unspecified atom stereocenters. The molecule has 4 heteroatoms. The van der Waals surface area contributed by atoms with E-state index in [9.17, 15) is 9.18 Å². The van der Waals surface area contributed by atoms with E-state index in [1.807, 2.05) is 13.0 Å². The lowest BCUT2D eigenvalue weighted by atomic mass is 9.97. The minimum absolute atomic E-state index is 0.0612. The van der Waals surface area contributed by atoms with Crippen molar-refractivity contribution in [2.75, 3.05) is 6.54 Å². The number of benzene rings is 1. The van der Waals surface area contributed by atoms with Crippen LogP contribution in [0.2, 0.25) is 0 Å². The van der Waals surface area contributed by atoms with Crippen molar-refractivity contribution >= 4 is 6.09 Å². The fraction of sp³-hybridized carbons (Fsp3) is 0.462. The standard InChI is InChI=1S/C13H16FNO2/c1-9-5-11(8-15(9)13(16)17)6-10-3-2-4-12(14)7-10/h2-4,7,9,11H,5-6,8H2,1H3,(H,16,17)/t9-,11?/m1/s1. The molecule has 1 amide bonds. The molecule has 17 heavy (non-hydrogen) atoms. The van der Waals surface area contributed by atoms with Gasteiger partial charge < -0.3 is 10.0 Å². The molecule has 1 aliphatic rings. The maximum Gasteiger partial charge on any atom is 0.407 e. The van der Waals surface area contributed by atoms with Crippen LogP contribution in [0.3, 0.4) is 0 Å². The number of carboxylic acid groups (broad SMARTS) is 1. The van der Waals surface area contributed by atoms with Gasteiger partial charge in [0.2, 0.25) is 0 Å². The zero-order valence-corrected chi connectivity index (χ0v) is 9.77. The van der Waals surface area contributed by atoms with Gasteiger partial charge in [0, 0.05) is 12.6 Å². The third-order valence-corrected chi connectivity index (χ3v) is 3.32. The van der Waals surface area contributed by atoms with E-state index in [-0.39, 0.29) is 11.9 Å². The van der Waals surface area contributed by atoms with E-state index in [1.165, 1.54) is 17.0 Å². The lowest BCUT2D eigenvalue weighted by Crippen LogP contribution is -2.32. The van der Waals surface area contributed by atoms with Crippen molar-refractivity contribution in [1.29, 1.82) is 0 Å². The van der Waals surface area contributed by atoms with Gasteiger partial charge in [-0.25, -0.2) is 9.18 Å². The van der Waals surface area contributed by atoms with Crippen molar-refractivity contribution in [3.05, 3.63) is 35.6 Å². The summed E-state index contributed by atoms with van der Waals surface area (Å²) >= 11 is 0. The molecular formula is C13H16FNO2. The largest absolute Gasteiger partial charge is 0.465 e. The molecule has 0 spiro atoms. The maximum atomic E-state index is 13.0. The molecule has 92 valence electrons. The van der Waals surface area contributed by atoms with Crippen LogP contribution in [0.5, 0.6) is 0 Å². The van der Waals surface area contributed by atoms with Crippen molar-refractivity contribution in [1.82, 2.24) is 4.90 Å². The van der Waals surface area contributed by atoms with Gasteiger partial charge in [-0.1, -0.05) is 12.1 Å². The first kappa shape index (κ1) is 11.9. The van der Waals surface area contributed by atoms with Crippen LogP contribution in [0.25, 0.3) is 0 Å². The molecule has 1 N–H and O–H groups in total. The molecule has 1 saturated heterocycles. The van der Waals surface area contributed by atoms with Crippen molar-refractivity contribution in [3.8, 4) is 0 Å². The first-order chi connectivity index (χ1) is 8.06. The predicted molar refractivity (Wildman–Crippen MR) is 62.4 cm³/mol.